The van der Waals surface area contributed by atoms with E-state index in [2.05, 4.69) is 45.9 Å². The van der Waals surface area contributed by atoms with Crippen LogP contribution in [0, 0.1) is 0 Å². The van der Waals surface area contributed by atoms with E-state index in [0.717, 1.165) is 37.6 Å². The lowest BCUT2D eigenvalue weighted by molar-refractivity contribution is -0.0214. The zero-order valence-electron chi connectivity index (χ0n) is 14.7. The first-order valence-electron chi connectivity index (χ1n) is 8.33. The van der Waals surface area contributed by atoms with Crippen molar-refractivity contribution < 1.29 is 9.47 Å². The van der Waals surface area contributed by atoms with Gasteiger partial charge in [-0.15, -0.1) is 0 Å². The van der Waals surface area contributed by atoms with Gasteiger partial charge in [0.1, 0.15) is 0 Å². The molecule has 1 heterocycles. The van der Waals surface area contributed by atoms with Gasteiger partial charge in [-0.2, -0.15) is 11.8 Å². The van der Waals surface area contributed by atoms with E-state index in [1.165, 1.54) is 29.6 Å². The predicted octanol–water partition coefficient (Wildman–Crippen LogP) is 5.51. The molecule has 0 bridgehead atoms. The summed E-state index contributed by atoms with van der Waals surface area (Å²) < 4.78 is 10.8. The smallest absolute Gasteiger partial charge is 0.166 e. The largest absolute Gasteiger partial charge is 0.349 e. The van der Waals surface area contributed by atoms with Gasteiger partial charge in [0.2, 0.25) is 0 Å². The van der Waals surface area contributed by atoms with Gasteiger partial charge in [0.05, 0.1) is 13.2 Å². The molecule has 0 aliphatic carbocycles. The summed E-state index contributed by atoms with van der Waals surface area (Å²) >= 11 is 1.88. The number of hydrogen-bond acceptors (Lipinski definition) is 3. The molecule has 1 saturated heterocycles. The Hall–Kier alpha value is -0.510. The Bertz CT molecular complexity index is 386. The molecule has 0 spiro atoms. The normalized spacial score (nSPS) is 17.1. The first kappa shape index (κ1) is 19.5. The van der Waals surface area contributed by atoms with Crippen LogP contribution in [-0.4, -0.2) is 31.0 Å². The quantitative estimate of drug-likeness (QED) is 0.390. The Balaban J connectivity index is 2.08. The van der Waals surface area contributed by atoms with Gasteiger partial charge in [-0.25, -0.2) is 0 Å². The second-order valence-corrected chi connectivity index (χ2v) is 7.24. The third kappa shape index (κ3) is 10.3. The maximum absolute atomic E-state index is 5.42. The molecule has 0 aromatic carbocycles. The van der Waals surface area contributed by atoms with Gasteiger partial charge in [0.15, 0.2) is 6.29 Å². The zero-order chi connectivity index (χ0) is 16.2. The molecule has 0 N–H and O–H groups in total. The van der Waals surface area contributed by atoms with E-state index in [-0.39, 0.29) is 6.29 Å². The molecule has 1 rings (SSSR count). The molecular formula is C19H32O2S. The number of rotatable bonds is 10. The van der Waals surface area contributed by atoms with E-state index < -0.39 is 0 Å². The van der Waals surface area contributed by atoms with Gasteiger partial charge < -0.3 is 9.47 Å². The van der Waals surface area contributed by atoms with Crippen molar-refractivity contribution >= 4 is 11.8 Å². The summed E-state index contributed by atoms with van der Waals surface area (Å²) in [5.41, 5.74) is 4.40. The Morgan fingerprint density at radius 2 is 1.50 bits per heavy atom. The van der Waals surface area contributed by atoms with E-state index in [0.29, 0.717) is 0 Å². The number of allylic oxidation sites excluding steroid dienone is 5. The highest BCUT2D eigenvalue weighted by Crippen LogP contribution is 2.14. The molecule has 0 aromatic rings. The monoisotopic (exact) mass is 324 g/mol. The Morgan fingerprint density at radius 1 is 0.909 bits per heavy atom. The van der Waals surface area contributed by atoms with Crippen molar-refractivity contribution in [1.29, 1.82) is 0 Å². The van der Waals surface area contributed by atoms with Crippen LogP contribution in [0.1, 0.15) is 53.4 Å². The van der Waals surface area contributed by atoms with Crippen LogP contribution in [0.15, 0.2) is 34.9 Å². The van der Waals surface area contributed by atoms with Gasteiger partial charge >= 0.3 is 0 Å². The van der Waals surface area contributed by atoms with E-state index in [1.807, 2.05) is 11.8 Å². The number of hydrogen-bond donors (Lipinski definition) is 0. The highest BCUT2D eigenvalue weighted by atomic mass is 32.2. The lowest BCUT2D eigenvalue weighted by Gasteiger charge is -2.07. The lowest BCUT2D eigenvalue weighted by atomic mass is 10.1. The fraction of sp³-hybridized carbons (Fsp3) is 0.684. The summed E-state index contributed by atoms with van der Waals surface area (Å²) in [5.74, 6) is 1.99. The first-order valence-corrected chi connectivity index (χ1v) is 9.49. The Labute approximate surface area is 141 Å². The number of ether oxygens (including phenoxy) is 2. The molecule has 0 amide bonds. The molecule has 22 heavy (non-hydrogen) atoms. The number of thioether (sulfide) groups is 1. The second-order valence-electron chi connectivity index (χ2n) is 6.17. The van der Waals surface area contributed by atoms with E-state index >= 15 is 0 Å². The summed E-state index contributed by atoms with van der Waals surface area (Å²) in [4.78, 5) is 0. The van der Waals surface area contributed by atoms with Gasteiger partial charge in [-0.3, -0.25) is 0 Å². The van der Waals surface area contributed by atoms with Crippen molar-refractivity contribution in [1.82, 2.24) is 0 Å². The third-order valence-corrected chi connectivity index (χ3v) is 4.53. The summed E-state index contributed by atoms with van der Waals surface area (Å²) in [6, 6.07) is 0. The minimum atomic E-state index is 0.0186. The molecule has 0 atom stereocenters. The average Bonchev–Trinajstić information content (AvgIpc) is 2.96. The minimum Gasteiger partial charge on any atom is -0.349 e. The summed E-state index contributed by atoms with van der Waals surface area (Å²) in [6.07, 6.45) is 11.7. The van der Waals surface area contributed by atoms with Gasteiger partial charge in [0, 0.05) is 11.5 Å². The average molecular weight is 325 g/mol. The van der Waals surface area contributed by atoms with Gasteiger partial charge in [0.25, 0.3) is 0 Å². The van der Waals surface area contributed by atoms with Gasteiger partial charge in [-0.1, -0.05) is 34.9 Å². The predicted molar refractivity (Wildman–Crippen MR) is 98.4 cm³/mol. The van der Waals surface area contributed by atoms with Crippen LogP contribution >= 0.6 is 11.8 Å². The van der Waals surface area contributed by atoms with Crippen molar-refractivity contribution in [2.24, 2.45) is 0 Å². The molecule has 1 aliphatic rings. The maximum Gasteiger partial charge on any atom is 0.166 e. The molecule has 126 valence electrons. The zero-order valence-corrected chi connectivity index (χ0v) is 15.5. The minimum absolute atomic E-state index is 0.0186. The van der Waals surface area contributed by atoms with Crippen molar-refractivity contribution in [3.05, 3.63) is 34.9 Å². The van der Waals surface area contributed by atoms with Gasteiger partial charge in [-0.05, 0) is 53.4 Å². The molecule has 0 radical (unpaired) electrons. The van der Waals surface area contributed by atoms with E-state index in [4.69, 9.17) is 9.47 Å². The molecule has 0 saturated carbocycles. The topological polar surface area (TPSA) is 18.5 Å². The fourth-order valence-corrected chi connectivity index (χ4v) is 3.13. The fourth-order valence-electron chi connectivity index (χ4n) is 2.21. The molecular weight excluding hydrogens is 292 g/mol. The van der Waals surface area contributed by atoms with Crippen LogP contribution in [0.5, 0.6) is 0 Å². The van der Waals surface area contributed by atoms with E-state index in [9.17, 15) is 0 Å². The van der Waals surface area contributed by atoms with E-state index in [1.54, 1.807) is 0 Å². The Morgan fingerprint density at radius 3 is 2.14 bits per heavy atom. The molecule has 3 heteroatoms. The van der Waals surface area contributed by atoms with Crippen molar-refractivity contribution in [2.45, 2.75) is 59.7 Å². The highest BCUT2D eigenvalue weighted by molar-refractivity contribution is 7.99. The maximum atomic E-state index is 5.42. The standard InChI is InChI=1S/C19H32O2S/c1-16(2)7-5-8-17(3)9-6-10-18(4)11-14-22-15-19-20-12-13-21-19/h7,9,11,19H,5-6,8,10,12-15H2,1-4H3. The van der Waals surface area contributed by atoms with Crippen LogP contribution in [-0.2, 0) is 9.47 Å². The lowest BCUT2D eigenvalue weighted by Crippen LogP contribution is -2.10. The Kier molecular flexibility index (Phi) is 10.6. The SMILES string of the molecule is CC(C)=CCCC(C)=CCCC(C)=CCSCC1OCCO1. The second kappa shape index (κ2) is 12.0. The molecule has 0 aromatic heterocycles. The van der Waals surface area contributed by atoms with Crippen molar-refractivity contribution in [3.63, 3.8) is 0 Å². The van der Waals surface area contributed by atoms with Crippen LogP contribution in [0.25, 0.3) is 0 Å². The van der Waals surface area contributed by atoms with Crippen LogP contribution < -0.4 is 0 Å². The van der Waals surface area contributed by atoms with Crippen LogP contribution in [0.4, 0.5) is 0 Å². The highest BCUT2D eigenvalue weighted by Gasteiger charge is 2.14. The summed E-state index contributed by atoms with van der Waals surface area (Å²) in [6.45, 7) is 10.3. The van der Waals surface area contributed by atoms with Crippen LogP contribution in [0.2, 0.25) is 0 Å². The third-order valence-electron chi connectivity index (χ3n) is 3.62. The molecule has 1 fully saturated rings. The summed E-state index contributed by atoms with van der Waals surface area (Å²) in [7, 11) is 0. The first-order chi connectivity index (χ1) is 10.6. The summed E-state index contributed by atoms with van der Waals surface area (Å²) in [5, 5.41) is 0. The van der Waals surface area contributed by atoms with Crippen molar-refractivity contribution in [3.8, 4) is 0 Å². The molecule has 2 nitrogen and oxygen atoms in total. The molecule has 0 unspecified atom stereocenters. The van der Waals surface area contributed by atoms with Crippen molar-refractivity contribution in [2.75, 3.05) is 24.7 Å². The molecule has 1 aliphatic heterocycles. The van der Waals surface area contributed by atoms with Crippen LogP contribution in [0.3, 0.4) is 0 Å².